The summed E-state index contributed by atoms with van der Waals surface area (Å²) in [6.07, 6.45) is 3.48. The van der Waals surface area contributed by atoms with Gasteiger partial charge in [-0.1, -0.05) is 0 Å². The second-order valence-electron chi connectivity index (χ2n) is 2.83. The smallest absolute Gasteiger partial charge is 0.222 e. The van der Waals surface area contributed by atoms with Crippen molar-refractivity contribution in [2.75, 3.05) is 0 Å². The van der Waals surface area contributed by atoms with Gasteiger partial charge in [0.15, 0.2) is 0 Å². The van der Waals surface area contributed by atoms with Crippen molar-refractivity contribution in [3.05, 3.63) is 22.7 Å². The van der Waals surface area contributed by atoms with Crippen molar-refractivity contribution in [1.82, 2.24) is 9.97 Å². The maximum Gasteiger partial charge on any atom is 0.222 e. The third kappa shape index (κ3) is 1.32. The van der Waals surface area contributed by atoms with Gasteiger partial charge in [-0.05, 0) is 23.6 Å². The molecule has 0 aromatic carbocycles. The van der Waals surface area contributed by atoms with E-state index < -0.39 is 0 Å². The number of Topliss-reactive ketones (excluding diaryl/α,β-unsaturated/α-hetero) is 1. The molecular weight excluding hydrogens is 176 g/mol. The molecule has 12 heavy (non-hydrogen) atoms. The number of rotatable bonds is 0. The van der Waals surface area contributed by atoms with E-state index in [1.54, 1.807) is 6.20 Å². The molecule has 1 aromatic rings. The highest BCUT2D eigenvalue weighted by Gasteiger charge is 2.16. The summed E-state index contributed by atoms with van der Waals surface area (Å²) in [5.74, 6) is 0.234. The van der Waals surface area contributed by atoms with E-state index in [-0.39, 0.29) is 11.1 Å². The molecule has 1 aliphatic rings. The number of aryl methyl sites for hydroxylation is 1. The molecule has 1 heterocycles. The quantitative estimate of drug-likeness (QED) is 0.566. The number of carbonyl (C=O) groups excluding carboxylic acids is 1. The lowest BCUT2D eigenvalue weighted by atomic mass is 9.97. The molecule has 3 nitrogen and oxygen atoms in total. The fourth-order valence-electron chi connectivity index (χ4n) is 1.33. The average Bonchev–Trinajstić information content (AvgIpc) is 2.03. The summed E-state index contributed by atoms with van der Waals surface area (Å²) >= 11 is 5.59. The second kappa shape index (κ2) is 2.83. The molecule has 1 aromatic heterocycles. The molecule has 0 amide bonds. The Kier molecular flexibility index (Phi) is 1.81. The highest BCUT2D eigenvalue weighted by molar-refractivity contribution is 6.28. The molecule has 0 aliphatic heterocycles. The van der Waals surface area contributed by atoms with Gasteiger partial charge in [0.05, 0.1) is 5.69 Å². The number of carbonyl (C=O) groups is 1. The van der Waals surface area contributed by atoms with Crippen molar-refractivity contribution < 1.29 is 4.79 Å². The number of hydrogen-bond acceptors (Lipinski definition) is 3. The average molecular weight is 183 g/mol. The van der Waals surface area contributed by atoms with Gasteiger partial charge in [0.25, 0.3) is 0 Å². The molecule has 0 N–H and O–H groups in total. The molecule has 0 fully saturated rings. The van der Waals surface area contributed by atoms with Gasteiger partial charge >= 0.3 is 0 Å². The number of hydrogen-bond donors (Lipinski definition) is 0. The first-order valence-corrected chi connectivity index (χ1v) is 4.15. The van der Waals surface area contributed by atoms with Crippen LogP contribution < -0.4 is 0 Å². The van der Waals surface area contributed by atoms with E-state index in [2.05, 4.69) is 9.97 Å². The van der Waals surface area contributed by atoms with E-state index in [9.17, 15) is 4.79 Å². The standard InChI is InChI=1S/C8H7ClN2O/c9-8-10-4-5-1-2-6(12)3-7(5)11-8/h4H,1-3H2. The minimum atomic E-state index is 0.225. The fraction of sp³-hybridized carbons (Fsp3) is 0.375. The number of aromatic nitrogens is 2. The molecule has 0 atom stereocenters. The van der Waals surface area contributed by atoms with Crippen LogP contribution in [0.1, 0.15) is 17.7 Å². The topological polar surface area (TPSA) is 42.9 Å². The summed E-state index contributed by atoms with van der Waals surface area (Å²) in [5.41, 5.74) is 1.85. The highest BCUT2D eigenvalue weighted by Crippen LogP contribution is 2.17. The Morgan fingerprint density at radius 2 is 2.25 bits per heavy atom. The predicted octanol–water partition coefficient (Wildman–Crippen LogP) is 1.19. The van der Waals surface area contributed by atoms with Gasteiger partial charge in [-0.25, -0.2) is 9.97 Å². The molecule has 62 valence electrons. The van der Waals surface area contributed by atoms with E-state index in [1.165, 1.54) is 0 Å². The zero-order valence-corrected chi connectivity index (χ0v) is 7.14. The van der Waals surface area contributed by atoms with Crippen LogP contribution in [0.15, 0.2) is 6.20 Å². The molecule has 0 saturated carbocycles. The number of nitrogens with zero attached hydrogens (tertiary/aromatic N) is 2. The summed E-state index contributed by atoms with van der Waals surface area (Å²) in [7, 11) is 0. The molecule has 2 rings (SSSR count). The van der Waals surface area contributed by atoms with E-state index >= 15 is 0 Å². The maximum absolute atomic E-state index is 11.0. The van der Waals surface area contributed by atoms with Crippen LogP contribution in [0.4, 0.5) is 0 Å². The molecule has 0 radical (unpaired) electrons. The number of halogens is 1. The monoisotopic (exact) mass is 182 g/mol. The van der Waals surface area contributed by atoms with Gasteiger partial charge in [-0.3, -0.25) is 4.79 Å². The Labute approximate surface area is 74.8 Å². The van der Waals surface area contributed by atoms with Gasteiger partial charge in [-0.2, -0.15) is 0 Å². The predicted molar refractivity (Wildman–Crippen MR) is 44.1 cm³/mol. The van der Waals surface area contributed by atoms with Crippen LogP contribution in [0, 0.1) is 0 Å². The normalized spacial score (nSPS) is 15.9. The highest BCUT2D eigenvalue weighted by atomic mass is 35.5. The lowest BCUT2D eigenvalue weighted by Crippen LogP contribution is -2.15. The summed E-state index contributed by atoms with van der Waals surface area (Å²) in [5, 5.41) is 0.225. The summed E-state index contributed by atoms with van der Waals surface area (Å²) in [6, 6.07) is 0. The third-order valence-corrected chi connectivity index (χ3v) is 2.14. The summed E-state index contributed by atoms with van der Waals surface area (Å²) in [4.78, 5) is 18.9. The lowest BCUT2D eigenvalue weighted by molar-refractivity contribution is -0.118. The summed E-state index contributed by atoms with van der Waals surface area (Å²) < 4.78 is 0. The van der Waals surface area contributed by atoms with Crippen molar-refractivity contribution in [3.63, 3.8) is 0 Å². The Bertz CT molecular complexity index is 338. The lowest BCUT2D eigenvalue weighted by Gasteiger charge is -2.12. The van der Waals surface area contributed by atoms with Gasteiger partial charge in [0.1, 0.15) is 5.78 Å². The first-order chi connectivity index (χ1) is 5.75. The zero-order chi connectivity index (χ0) is 8.55. The van der Waals surface area contributed by atoms with Crippen LogP contribution in [0.25, 0.3) is 0 Å². The van der Waals surface area contributed by atoms with Crippen molar-refractivity contribution in [2.45, 2.75) is 19.3 Å². The van der Waals surface area contributed by atoms with Crippen LogP contribution in [0.2, 0.25) is 5.28 Å². The molecule has 0 bridgehead atoms. The Morgan fingerprint density at radius 1 is 1.42 bits per heavy atom. The molecule has 0 unspecified atom stereocenters. The van der Waals surface area contributed by atoms with Crippen LogP contribution in [0.3, 0.4) is 0 Å². The van der Waals surface area contributed by atoms with Crippen LogP contribution >= 0.6 is 11.6 Å². The molecule has 1 aliphatic carbocycles. The van der Waals surface area contributed by atoms with Crippen LogP contribution in [-0.2, 0) is 17.6 Å². The second-order valence-corrected chi connectivity index (χ2v) is 3.16. The van der Waals surface area contributed by atoms with Gasteiger partial charge in [0.2, 0.25) is 5.28 Å². The van der Waals surface area contributed by atoms with Gasteiger partial charge < -0.3 is 0 Å². The van der Waals surface area contributed by atoms with E-state index in [4.69, 9.17) is 11.6 Å². The van der Waals surface area contributed by atoms with Crippen molar-refractivity contribution >= 4 is 17.4 Å². The Hall–Kier alpha value is -0.960. The van der Waals surface area contributed by atoms with Crippen LogP contribution in [-0.4, -0.2) is 15.8 Å². The first-order valence-electron chi connectivity index (χ1n) is 3.78. The largest absolute Gasteiger partial charge is 0.299 e. The molecule has 4 heteroatoms. The van der Waals surface area contributed by atoms with E-state index in [0.29, 0.717) is 12.8 Å². The fourth-order valence-corrected chi connectivity index (χ4v) is 1.48. The van der Waals surface area contributed by atoms with Crippen LogP contribution in [0.5, 0.6) is 0 Å². The Balaban J connectivity index is 2.44. The van der Waals surface area contributed by atoms with Crippen molar-refractivity contribution in [1.29, 1.82) is 0 Å². The Morgan fingerprint density at radius 3 is 3.08 bits per heavy atom. The molecular formula is C8H7ClN2O. The minimum Gasteiger partial charge on any atom is -0.299 e. The van der Waals surface area contributed by atoms with Crippen molar-refractivity contribution in [2.24, 2.45) is 0 Å². The van der Waals surface area contributed by atoms with Gasteiger partial charge in [-0.15, -0.1) is 0 Å². The first kappa shape index (κ1) is 7.68. The third-order valence-electron chi connectivity index (χ3n) is 1.96. The zero-order valence-electron chi connectivity index (χ0n) is 6.38. The van der Waals surface area contributed by atoms with E-state index in [1.807, 2.05) is 0 Å². The maximum atomic E-state index is 11.0. The SMILES string of the molecule is O=C1CCc2cnc(Cl)nc2C1. The number of ketones is 1. The van der Waals surface area contributed by atoms with Crippen molar-refractivity contribution in [3.8, 4) is 0 Å². The number of fused-ring (bicyclic) bond motifs is 1. The summed E-state index contributed by atoms with van der Waals surface area (Å²) in [6.45, 7) is 0. The van der Waals surface area contributed by atoms with E-state index in [0.717, 1.165) is 17.7 Å². The molecule has 0 saturated heterocycles. The minimum absolute atomic E-state index is 0.225. The van der Waals surface area contributed by atoms with Gasteiger partial charge in [0, 0.05) is 19.0 Å². The molecule has 0 spiro atoms.